The van der Waals surface area contributed by atoms with Crippen molar-refractivity contribution in [2.24, 2.45) is 0 Å². The predicted octanol–water partition coefficient (Wildman–Crippen LogP) is 3.27. The van der Waals surface area contributed by atoms with E-state index in [0.717, 1.165) is 15.4 Å². The lowest BCUT2D eigenvalue weighted by Gasteiger charge is -2.01. The van der Waals surface area contributed by atoms with Crippen molar-refractivity contribution < 1.29 is 4.21 Å². The first kappa shape index (κ1) is 10.9. The van der Waals surface area contributed by atoms with Gasteiger partial charge in [0.25, 0.3) is 0 Å². The molecule has 1 unspecified atom stereocenters. The average molecular weight is 206 g/mol. The van der Waals surface area contributed by atoms with E-state index in [2.05, 4.69) is 6.58 Å². The molecule has 0 aromatic heterocycles. The first-order chi connectivity index (χ1) is 6.61. The Morgan fingerprint density at radius 3 is 2.36 bits per heavy atom. The van der Waals surface area contributed by atoms with Crippen molar-refractivity contribution in [3.8, 4) is 0 Å². The third-order valence-corrected chi connectivity index (χ3v) is 3.10. The van der Waals surface area contributed by atoms with Gasteiger partial charge in [0.1, 0.15) is 0 Å². The van der Waals surface area contributed by atoms with Crippen LogP contribution in [0.2, 0.25) is 0 Å². The minimum atomic E-state index is -1.05. The van der Waals surface area contributed by atoms with E-state index in [1.54, 1.807) is 0 Å². The number of benzene rings is 1. The lowest BCUT2D eigenvalue weighted by Crippen LogP contribution is -1.92. The summed E-state index contributed by atoms with van der Waals surface area (Å²) in [7, 11) is -1.05. The van der Waals surface area contributed by atoms with Gasteiger partial charge in [-0.15, -0.1) is 0 Å². The lowest BCUT2D eigenvalue weighted by molar-refractivity contribution is 0.686. The lowest BCUT2D eigenvalue weighted by atomic mass is 10.3. The number of hydrogen-bond acceptors (Lipinski definition) is 1. The molecule has 0 radical (unpaired) electrons. The van der Waals surface area contributed by atoms with Gasteiger partial charge in [0, 0.05) is 9.80 Å². The second kappa shape index (κ2) is 4.91. The second-order valence-corrected chi connectivity index (χ2v) is 4.84. The summed E-state index contributed by atoms with van der Waals surface area (Å²) in [6, 6.07) is 9.43. The zero-order valence-electron chi connectivity index (χ0n) is 8.49. The van der Waals surface area contributed by atoms with Crippen LogP contribution in [0.3, 0.4) is 0 Å². The molecule has 0 aliphatic rings. The van der Waals surface area contributed by atoms with Gasteiger partial charge in [-0.3, -0.25) is 0 Å². The van der Waals surface area contributed by atoms with E-state index in [-0.39, 0.29) is 0 Å². The molecular formula is C12H14OS. The van der Waals surface area contributed by atoms with Gasteiger partial charge in [0.15, 0.2) is 0 Å². The maximum absolute atomic E-state index is 11.9. The molecule has 0 bridgehead atoms. The highest BCUT2D eigenvalue weighted by atomic mass is 32.2. The minimum absolute atomic E-state index is 0.836. The fourth-order valence-electron chi connectivity index (χ4n) is 1.13. The maximum atomic E-state index is 11.9. The molecule has 0 saturated carbocycles. The van der Waals surface area contributed by atoms with Gasteiger partial charge in [0.2, 0.25) is 0 Å². The highest BCUT2D eigenvalue weighted by molar-refractivity contribution is 7.89. The van der Waals surface area contributed by atoms with Gasteiger partial charge in [0.05, 0.1) is 10.8 Å². The van der Waals surface area contributed by atoms with Crippen LogP contribution in [-0.4, -0.2) is 4.21 Å². The summed E-state index contributed by atoms with van der Waals surface area (Å²) in [5.41, 5.74) is 0.923. The molecule has 0 aliphatic heterocycles. The first-order valence-electron chi connectivity index (χ1n) is 4.42. The summed E-state index contributed by atoms with van der Waals surface area (Å²) in [6.45, 7) is 7.51. The Balaban J connectivity index is 2.92. The zero-order chi connectivity index (χ0) is 10.6. The number of allylic oxidation sites excluding steroid dienone is 3. The molecule has 0 amide bonds. The van der Waals surface area contributed by atoms with Crippen LogP contribution in [0.4, 0.5) is 0 Å². The van der Waals surface area contributed by atoms with Gasteiger partial charge in [-0.25, -0.2) is 4.21 Å². The molecule has 0 N–H and O–H groups in total. The normalized spacial score (nSPS) is 13.7. The van der Waals surface area contributed by atoms with E-state index in [1.807, 2.05) is 50.3 Å². The van der Waals surface area contributed by atoms with Crippen molar-refractivity contribution in [2.45, 2.75) is 18.7 Å². The third kappa shape index (κ3) is 2.96. The average Bonchev–Trinajstić information content (AvgIpc) is 2.17. The smallest absolute Gasteiger partial charge is 0.0805 e. The monoisotopic (exact) mass is 206 g/mol. The summed E-state index contributed by atoms with van der Waals surface area (Å²) in [4.78, 5) is 1.67. The van der Waals surface area contributed by atoms with E-state index in [9.17, 15) is 4.21 Å². The van der Waals surface area contributed by atoms with E-state index in [4.69, 9.17) is 0 Å². The maximum Gasteiger partial charge on any atom is 0.0805 e. The van der Waals surface area contributed by atoms with E-state index >= 15 is 0 Å². The van der Waals surface area contributed by atoms with Crippen LogP contribution in [0.1, 0.15) is 13.8 Å². The summed E-state index contributed by atoms with van der Waals surface area (Å²) in [6.07, 6.45) is 1.85. The Bertz CT molecular complexity index is 377. The molecule has 1 aromatic carbocycles. The molecule has 0 saturated heterocycles. The molecule has 0 heterocycles. The van der Waals surface area contributed by atoms with E-state index < -0.39 is 10.8 Å². The standard InChI is InChI=1S/C12H14OS/c1-10(2)9-11(3)14(13)12-7-5-4-6-8-12/h4-9H,1H2,2-3H3/b11-9+. The largest absolute Gasteiger partial charge is 0.249 e. The molecular weight excluding hydrogens is 192 g/mol. The van der Waals surface area contributed by atoms with Crippen LogP contribution in [0.25, 0.3) is 0 Å². The van der Waals surface area contributed by atoms with Crippen molar-refractivity contribution in [1.82, 2.24) is 0 Å². The van der Waals surface area contributed by atoms with Crippen molar-refractivity contribution in [3.63, 3.8) is 0 Å². The van der Waals surface area contributed by atoms with Crippen LogP contribution in [-0.2, 0) is 10.8 Å². The van der Waals surface area contributed by atoms with Crippen molar-refractivity contribution >= 4 is 10.8 Å². The topological polar surface area (TPSA) is 17.1 Å². The van der Waals surface area contributed by atoms with E-state index in [1.165, 1.54) is 0 Å². The SMILES string of the molecule is C=C(C)/C=C(\C)S(=O)c1ccccc1. The molecule has 1 aromatic rings. The van der Waals surface area contributed by atoms with E-state index in [0.29, 0.717) is 0 Å². The van der Waals surface area contributed by atoms with Crippen LogP contribution < -0.4 is 0 Å². The second-order valence-electron chi connectivity index (χ2n) is 3.18. The molecule has 1 nitrogen and oxygen atoms in total. The summed E-state index contributed by atoms with van der Waals surface area (Å²) >= 11 is 0. The van der Waals surface area contributed by atoms with Gasteiger partial charge >= 0.3 is 0 Å². The number of rotatable bonds is 3. The van der Waals surface area contributed by atoms with Crippen molar-refractivity contribution in [3.05, 3.63) is 53.5 Å². The Hall–Kier alpha value is -1.15. The molecule has 0 fully saturated rings. The van der Waals surface area contributed by atoms with Gasteiger partial charge < -0.3 is 0 Å². The molecule has 14 heavy (non-hydrogen) atoms. The quantitative estimate of drug-likeness (QED) is 0.694. The highest BCUT2D eigenvalue weighted by Crippen LogP contribution is 2.14. The molecule has 1 atom stereocenters. The summed E-state index contributed by atoms with van der Waals surface area (Å²) < 4.78 is 11.9. The fraction of sp³-hybridized carbons (Fsp3) is 0.167. The van der Waals surface area contributed by atoms with Gasteiger partial charge in [-0.05, 0) is 32.1 Å². The van der Waals surface area contributed by atoms with Gasteiger partial charge in [-0.2, -0.15) is 0 Å². The fourth-order valence-corrected chi connectivity index (χ4v) is 2.21. The Kier molecular flexibility index (Phi) is 3.84. The predicted molar refractivity (Wildman–Crippen MR) is 61.4 cm³/mol. The summed E-state index contributed by atoms with van der Waals surface area (Å²) in [5, 5.41) is 0. The minimum Gasteiger partial charge on any atom is -0.249 e. The van der Waals surface area contributed by atoms with Crippen LogP contribution in [0, 0.1) is 0 Å². The van der Waals surface area contributed by atoms with Crippen LogP contribution >= 0.6 is 0 Å². The Morgan fingerprint density at radius 2 is 1.86 bits per heavy atom. The van der Waals surface area contributed by atoms with Gasteiger partial charge in [-0.1, -0.05) is 30.4 Å². The Labute approximate surface area is 87.6 Å². The Morgan fingerprint density at radius 1 is 1.29 bits per heavy atom. The zero-order valence-corrected chi connectivity index (χ0v) is 9.30. The van der Waals surface area contributed by atoms with Crippen LogP contribution in [0.5, 0.6) is 0 Å². The highest BCUT2D eigenvalue weighted by Gasteiger charge is 2.04. The number of hydrogen-bond donors (Lipinski definition) is 0. The molecule has 2 heteroatoms. The molecule has 1 rings (SSSR count). The molecule has 0 spiro atoms. The third-order valence-electron chi connectivity index (χ3n) is 1.70. The summed E-state index contributed by atoms with van der Waals surface area (Å²) in [5.74, 6) is 0. The first-order valence-corrected chi connectivity index (χ1v) is 5.57. The van der Waals surface area contributed by atoms with Crippen LogP contribution in [0.15, 0.2) is 58.4 Å². The molecule has 74 valence electrons. The van der Waals surface area contributed by atoms with Crippen molar-refractivity contribution in [1.29, 1.82) is 0 Å². The molecule has 0 aliphatic carbocycles. The van der Waals surface area contributed by atoms with Crippen molar-refractivity contribution in [2.75, 3.05) is 0 Å².